The lowest BCUT2D eigenvalue weighted by atomic mass is 9.41. The van der Waals surface area contributed by atoms with Crippen LogP contribution < -0.4 is 0 Å². The van der Waals surface area contributed by atoms with E-state index in [2.05, 4.69) is 53.7 Å². The number of ketones is 1. The van der Waals surface area contributed by atoms with Crippen molar-refractivity contribution in [2.24, 2.45) is 45.3 Å². The van der Waals surface area contributed by atoms with Crippen LogP contribution in [0.15, 0.2) is 23.3 Å². The Labute approximate surface area is 197 Å². The average molecular weight is 441 g/mol. The largest absolute Gasteiger partial charge is 0.392 e. The topological polar surface area (TPSA) is 37.3 Å². The van der Waals surface area contributed by atoms with Crippen LogP contribution in [0, 0.1) is 45.3 Å². The van der Waals surface area contributed by atoms with Gasteiger partial charge < -0.3 is 5.11 Å². The van der Waals surface area contributed by atoms with E-state index in [1.807, 2.05) is 6.92 Å². The number of hydrogen-bond donors (Lipinski definition) is 1. The predicted octanol–water partition coefficient (Wildman–Crippen LogP) is 7.52. The fourth-order valence-corrected chi connectivity index (χ4v) is 9.32. The summed E-state index contributed by atoms with van der Waals surface area (Å²) in [5.41, 5.74) is 3.68. The summed E-state index contributed by atoms with van der Waals surface area (Å²) in [5, 5.41) is 9.31. The molecule has 1 N–H and O–H groups in total. The molecule has 1 unspecified atom stereocenters. The molecule has 0 saturated heterocycles. The number of fused-ring (bicyclic) bond motifs is 5. The monoisotopic (exact) mass is 440 g/mol. The minimum Gasteiger partial charge on any atom is -0.392 e. The van der Waals surface area contributed by atoms with E-state index in [0.29, 0.717) is 28.4 Å². The van der Waals surface area contributed by atoms with Crippen molar-refractivity contribution in [3.8, 4) is 0 Å². The molecule has 4 aliphatic carbocycles. The summed E-state index contributed by atoms with van der Waals surface area (Å²) in [5.74, 6) is 3.16. The number of aliphatic hydroxyl groups is 1. The Bertz CT molecular complexity index is 819. The fraction of sp³-hybridized carbons (Fsp3) is 0.833. The molecule has 4 rings (SSSR count). The molecule has 3 saturated carbocycles. The highest BCUT2D eigenvalue weighted by Crippen LogP contribution is 2.73. The van der Waals surface area contributed by atoms with Gasteiger partial charge in [-0.1, -0.05) is 64.8 Å². The summed E-state index contributed by atoms with van der Waals surface area (Å²) < 4.78 is 0. The van der Waals surface area contributed by atoms with Crippen LogP contribution in [0.1, 0.15) is 106 Å². The first-order chi connectivity index (χ1) is 14.9. The smallest absolute Gasteiger partial charge is 0.138 e. The molecule has 4 aliphatic rings. The van der Waals surface area contributed by atoms with Gasteiger partial charge in [0.2, 0.25) is 0 Å². The molecule has 180 valence electrons. The van der Waals surface area contributed by atoms with E-state index in [0.717, 1.165) is 43.1 Å². The first kappa shape index (κ1) is 24.2. The molecule has 2 nitrogen and oxygen atoms in total. The van der Waals surface area contributed by atoms with Crippen LogP contribution in [0.5, 0.6) is 0 Å². The van der Waals surface area contributed by atoms with Crippen molar-refractivity contribution in [3.05, 3.63) is 23.3 Å². The standard InChI is InChI=1S/C30H48O2/c1-20(19-31)9-8-10-21(2)22-13-17-30(7)24-11-12-25-27(3,4)26(32)15-16-28(25,5)23(24)14-18-29(22,30)6/h9,11,21-23,25,31H,8,10,12-19H2,1-7H3/b20-9-/t21-,22-,23?,25-,28+,29-,30+/m0/s1. The molecule has 0 aromatic carbocycles. The third kappa shape index (κ3) is 3.33. The van der Waals surface area contributed by atoms with Gasteiger partial charge >= 0.3 is 0 Å². The number of hydrogen-bond acceptors (Lipinski definition) is 2. The van der Waals surface area contributed by atoms with Crippen molar-refractivity contribution >= 4 is 5.78 Å². The Morgan fingerprint density at radius 2 is 1.88 bits per heavy atom. The highest BCUT2D eigenvalue weighted by Gasteiger charge is 2.65. The van der Waals surface area contributed by atoms with E-state index in [4.69, 9.17) is 0 Å². The lowest BCUT2D eigenvalue weighted by Crippen LogP contribution is -2.57. The molecule has 0 aliphatic heterocycles. The van der Waals surface area contributed by atoms with E-state index in [-0.39, 0.29) is 17.4 Å². The number of rotatable bonds is 5. The number of Topliss-reactive ketones (excluding diaryl/α,β-unsaturated/α-hetero) is 1. The van der Waals surface area contributed by atoms with Crippen molar-refractivity contribution < 1.29 is 9.90 Å². The van der Waals surface area contributed by atoms with Crippen molar-refractivity contribution in [3.63, 3.8) is 0 Å². The lowest BCUT2D eigenvalue weighted by Gasteiger charge is -2.63. The number of carbonyl (C=O) groups excluding carboxylic acids is 1. The van der Waals surface area contributed by atoms with Gasteiger partial charge in [-0.05, 0) is 98.2 Å². The average Bonchev–Trinajstić information content (AvgIpc) is 3.02. The molecule has 2 heteroatoms. The normalized spacial score (nSPS) is 44.4. The van der Waals surface area contributed by atoms with Crippen molar-refractivity contribution in [2.75, 3.05) is 6.61 Å². The van der Waals surface area contributed by atoms with Gasteiger partial charge in [0.25, 0.3) is 0 Å². The van der Waals surface area contributed by atoms with Gasteiger partial charge in [-0.15, -0.1) is 0 Å². The Kier molecular flexibility index (Phi) is 6.14. The Morgan fingerprint density at radius 3 is 2.56 bits per heavy atom. The zero-order chi connectivity index (χ0) is 23.5. The highest BCUT2D eigenvalue weighted by molar-refractivity contribution is 5.85. The lowest BCUT2D eigenvalue weighted by molar-refractivity contribution is -0.146. The minimum atomic E-state index is -0.177. The van der Waals surface area contributed by atoms with Crippen LogP contribution in [0.3, 0.4) is 0 Å². The highest BCUT2D eigenvalue weighted by atomic mass is 16.3. The second-order valence-corrected chi connectivity index (χ2v) is 13.3. The fourth-order valence-electron chi connectivity index (χ4n) is 9.32. The summed E-state index contributed by atoms with van der Waals surface area (Å²) in [4.78, 5) is 12.8. The molecule has 0 aromatic heterocycles. The van der Waals surface area contributed by atoms with Gasteiger partial charge in [-0.25, -0.2) is 0 Å². The molecule has 0 bridgehead atoms. The molecule has 0 heterocycles. The summed E-state index contributed by atoms with van der Waals surface area (Å²) in [7, 11) is 0. The maximum atomic E-state index is 12.8. The van der Waals surface area contributed by atoms with Gasteiger partial charge in [-0.2, -0.15) is 0 Å². The van der Waals surface area contributed by atoms with Gasteiger partial charge in [0, 0.05) is 11.8 Å². The molecule has 0 aromatic rings. The van der Waals surface area contributed by atoms with E-state index in [1.165, 1.54) is 32.1 Å². The van der Waals surface area contributed by atoms with E-state index in [9.17, 15) is 9.90 Å². The summed E-state index contributed by atoms with van der Waals surface area (Å²) in [6, 6.07) is 0. The molecule has 0 radical (unpaired) electrons. The number of carbonyl (C=O) groups is 1. The number of aliphatic hydroxyl groups excluding tert-OH is 1. The van der Waals surface area contributed by atoms with Crippen molar-refractivity contribution in [1.82, 2.24) is 0 Å². The molecule has 0 spiro atoms. The first-order valence-corrected chi connectivity index (χ1v) is 13.4. The minimum absolute atomic E-state index is 0.177. The van der Waals surface area contributed by atoms with Gasteiger partial charge in [-0.3, -0.25) is 4.79 Å². The van der Waals surface area contributed by atoms with Crippen LogP contribution in [-0.2, 0) is 4.79 Å². The van der Waals surface area contributed by atoms with Crippen LogP contribution in [-0.4, -0.2) is 17.5 Å². The third-order valence-corrected chi connectivity index (χ3v) is 11.7. The van der Waals surface area contributed by atoms with Crippen molar-refractivity contribution in [2.45, 2.75) is 106 Å². The van der Waals surface area contributed by atoms with Gasteiger partial charge in [0.15, 0.2) is 0 Å². The van der Waals surface area contributed by atoms with Crippen LogP contribution in [0.25, 0.3) is 0 Å². The van der Waals surface area contributed by atoms with Crippen LogP contribution in [0.4, 0.5) is 0 Å². The van der Waals surface area contributed by atoms with Gasteiger partial charge in [0.05, 0.1) is 6.61 Å². The SMILES string of the molecule is C/C(=C/CC[C@H](C)[C@@H]1CC[C@]2(C)C3=CC[C@H]4C(C)(C)C(=O)CC[C@]4(C)C3CC[C@@]12C)CO. The molecule has 7 atom stereocenters. The van der Waals surface area contributed by atoms with Crippen molar-refractivity contribution in [1.29, 1.82) is 0 Å². The quantitative estimate of drug-likeness (QED) is 0.449. The molecule has 32 heavy (non-hydrogen) atoms. The van der Waals surface area contributed by atoms with E-state index in [1.54, 1.807) is 5.57 Å². The summed E-state index contributed by atoms with van der Waals surface area (Å²) in [6.07, 6.45) is 15.5. The Balaban J connectivity index is 1.60. The first-order valence-electron chi connectivity index (χ1n) is 13.4. The van der Waals surface area contributed by atoms with Crippen LogP contribution >= 0.6 is 0 Å². The maximum absolute atomic E-state index is 12.8. The zero-order valence-corrected chi connectivity index (χ0v) is 21.9. The number of allylic oxidation sites excluding steroid dienone is 3. The predicted molar refractivity (Wildman–Crippen MR) is 133 cm³/mol. The van der Waals surface area contributed by atoms with Gasteiger partial charge in [0.1, 0.15) is 5.78 Å². The Morgan fingerprint density at radius 1 is 1.16 bits per heavy atom. The summed E-state index contributed by atoms with van der Waals surface area (Å²) >= 11 is 0. The molecule has 0 amide bonds. The molecule has 3 fully saturated rings. The Hall–Kier alpha value is -0.890. The second-order valence-electron chi connectivity index (χ2n) is 13.3. The maximum Gasteiger partial charge on any atom is 0.138 e. The van der Waals surface area contributed by atoms with E-state index >= 15 is 0 Å². The zero-order valence-electron chi connectivity index (χ0n) is 21.9. The molecular weight excluding hydrogens is 392 g/mol. The van der Waals surface area contributed by atoms with E-state index < -0.39 is 0 Å². The second kappa shape index (κ2) is 8.10. The third-order valence-electron chi connectivity index (χ3n) is 11.7. The molecular formula is C30H48O2. The summed E-state index contributed by atoms with van der Waals surface area (Å²) in [6.45, 7) is 16.9. The van der Waals surface area contributed by atoms with Crippen LogP contribution in [0.2, 0.25) is 0 Å².